The first-order valence-electron chi connectivity index (χ1n) is 14.8. The summed E-state index contributed by atoms with van der Waals surface area (Å²) in [6.07, 6.45) is 0. The minimum Gasteiger partial charge on any atom is -0.423 e. The van der Waals surface area contributed by atoms with Crippen molar-refractivity contribution in [3.63, 3.8) is 0 Å². The Balaban J connectivity index is 1.52. The molecule has 6 aromatic carbocycles. The van der Waals surface area contributed by atoms with E-state index >= 15 is 0 Å². The topological polar surface area (TPSA) is 52.6 Å². The van der Waals surface area contributed by atoms with Crippen LogP contribution in [0.15, 0.2) is 146 Å². The van der Waals surface area contributed by atoms with Gasteiger partial charge in [0.2, 0.25) is 0 Å². The average Bonchev–Trinajstić information content (AvgIpc) is 3.32. The standard InChI is InChI=1S/C41H30O4/c1-25(2)39(42)44-33-17-13-31(14-18-33)41(32-15-19-34(20-16-32)45-40(43)26(3)4)37-23-29-11-7-5-9-27(29)21-35(37)36-22-28-10-6-8-12-30(28)24-38(36)41/h5-24H,1,3H2,2,4H3. The molecule has 0 heterocycles. The Hall–Kier alpha value is -5.74. The largest absolute Gasteiger partial charge is 0.423 e. The minimum absolute atomic E-state index is 0.334. The van der Waals surface area contributed by atoms with Gasteiger partial charge in [0.25, 0.3) is 0 Å². The van der Waals surface area contributed by atoms with Gasteiger partial charge in [-0.25, -0.2) is 9.59 Å². The minimum atomic E-state index is -0.730. The molecule has 0 amide bonds. The highest BCUT2D eigenvalue weighted by atomic mass is 16.5. The van der Waals surface area contributed by atoms with Gasteiger partial charge in [0.05, 0.1) is 5.41 Å². The number of hydrogen-bond acceptors (Lipinski definition) is 4. The predicted molar refractivity (Wildman–Crippen MR) is 180 cm³/mol. The van der Waals surface area contributed by atoms with Crippen LogP contribution in [0.1, 0.15) is 36.1 Å². The van der Waals surface area contributed by atoms with Gasteiger partial charge in [-0.05, 0) is 117 Å². The van der Waals surface area contributed by atoms with Gasteiger partial charge in [0.1, 0.15) is 11.5 Å². The van der Waals surface area contributed by atoms with Crippen LogP contribution in [-0.2, 0) is 15.0 Å². The molecule has 0 aliphatic heterocycles. The smallest absolute Gasteiger partial charge is 0.338 e. The third-order valence-electron chi connectivity index (χ3n) is 8.56. The highest BCUT2D eigenvalue weighted by Crippen LogP contribution is 2.58. The molecule has 45 heavy (non-hydrogen) atoms. The molecule has 1 aliphatic rings. The van der Waals surface area contributed by atoms with Crippen molar-refractivity contribution >= 4 is 33.5 Å². The number of benzene rings is 6. The van der Waals surface area contributed by atoms with E-state index in [1.54, 1.807) is 13.8 Å². The van der Waals surface area contributed by atoms with Crippen molar-refractivity contribution < 1.29 is 19.1 Å². The third-order valence-corrected chi connectivity index (χ3v) is 8.56. The van der Waals surface area contributed by atoms with Crippen molar-refractivity contribution in [2.45, 2.75) is 19.3 Å². The lowest BCUT2D eigenvalue weighted by molar-refractivity contribution is -0.130. The maximum atomic E-state index is 12.3. The molecule has 7 rings (SSSR count). The molecule has 0 unspecified atom stereocenters. The fourth-order valence-corrected chi connectivity index (χ4v) is 6.41. The summed E-state index contributed by atoms with van der Waals surface area (Å²) in [6.45, 7) is 10.7. The van der Waals surface area contributed by atoms with Crippen molar-refractivity contribution in [1.29, 1.82) is 0 Å². The molecule has 0 spiro atoms. The fourth-order valence-electron chi connectivity index (χ4n) is 6.41. The molecule has 0 fully saturated rings. The van der Waals surface area contributed by atoms with Gasteiger partial charge >= 0.3 is 11.9 Å². The van der Waals surface area contributed by atoms with Crippen molar-refractivity contribution in [2.75, 3.05) is 0 Å². The SMILES string of the molecule is C=C(C)C(=O)Oc1ccc(C2(c3ccc(OC(=O)C(=C)C)cc3)c3cc4ccccc4cc3-c3cc4ccccc4cc32)cc1. The van der Waals surface area contributed by atoms with E-state index in [1.165, 1.54) is 0 Å². The molecule has 4 heteroatoms. The van der Waals surface area contributed by atoms with E-state index in [0.717, 1.165) is 54.9 Å². The Kier molecular flexibility index (Phi) is 6.71. The summed E-state index contributed by atoms with van der Waals surface area (Å²) < 4.78 is 11.1. The molecule has 0 radical (unpaired) electrons. The molecular weight excluding hydrogens is 556 g/mol. The number of carbonyl (C=O) groups is 2. The molecular formula is C41H30O4. The first kappa shape index (κ1) is 28.1. The van der Waals surface area contributed by atoms with Crippen LogP contribution in [0.5, 0.6) is 11.5 Å². The molecule has 0 saturated carbocycles. The summed E-state index contributed by atoms with van der Waals surface area (Å²) in [6, 6.07) is 41.4. The summed E-state index contributed by atoms with van der Waals surface area (Å²) in [4.78, 5) is 24.6. The summed E-state index contributed by atoms with van der Waals surface area (Å²) in [5.41, 5.74) is 6.56. The second-order valence-corrected chi connectivity index (χ2v) is 11.6. The number of fused-ring (bicyclic) bond motifs is 5. The molecule has 0 saturated heterocycles. The van der Waals surface area contributed by atoms with Crippen molar-refractivity contribution in [1.82, 2.24) is 0 Å². The van der Waals surface area contributed by atoms with Crippen LogP contribution in [0.3, 0.4) is 0 Å². The molecule has 4 nitrogen and oxygen atoms in total. The first-order valence-corrected chi connectivity index (χ1v) is 14.8. The number of ether oxygens (including phenoxy) is 2. The average molecular weight is 587 g/mol. The van der Waals surface area contributed by atoms with E-state index in [-0.39, 0.29) is 0 Å². The van der Waals surface area contributed by atoms with Gasteiger partial charge in [-0.3, -0.25) is 0 Å². The summed E-state index contributed by atoms with van der Waals surface area (Å²) in [5, 5.41) is 4.60. The van der Waals surface area contributed by atoms with Gasteiger partial charge < -0.3 is 9.47 Å². The molecule has 1 aliphatic carbocycles. The van der Waals surface area contributed by atoms with Crippen LogP contribution in [0.25, 0.3) is 32.7 Å². The molecule has 218 valence electrons. The van der Waals surface area contributed by atoms with E-state index in [4.69, 9.17) is 9.47 Å². The quantitative estimate of drug-likeness (QED) is 0.111. The highest BCUT2D eigenvalue weighted by molar-refractivity contribution is 6.00. The number of rotatable bonds is 6. The lowest BCUT2D eigenvalue weighted by atomic mass is 9.67. The number of hydrogen-bond donors (Lipinski definition) is 0. The van der Waals surface area contributed by atoms with Crippen molar-refractivity contribution in [2.24, 2.45) is 0 Å². The predicted octanol–water partition coefficient (Wildman–Crippen LogP) is 9.32. The van der Waals surface area contributed by atoms with E-state index in [9.17, 15) is 9.59 Å². The first-order chi connectivity index (χ1) is 21.8. The van der Waals surface area contributed by atoms with Gasteiger partial charge in [-0.15, -0.1) is 0 Å². The number of carbonyl (C=O) groups excluding carboxylic acids is 2. The Labute approximate surface area is 261 Å². The van der Waals surface area contributed by atoms with Crippen LogP contribution in [0, 0.1) is 0 Å². The van der Waals surface area contributed by atoms with Gasteiger partial charge in [-0.1, -0.05) is 86.0 Å². The molecule has 0 atom stereocenters. The Bertz CT molecular complexity index is 2030. The summed E-state index contributed by atoms with van der Waals surface area (Å²) in [5.74, 6) is -0.0439. The molecule has 0 bridgehead atoms. The molecule has 0 aromatic heterocycles. The van der Waals surface area contributed by atoms with Crippen LogP contribution < -0.4 is 9.47 Å². The van der Waals surface area contributed by atoms with Gasteiger partial charge in [0.15, 0.2) is 0 Å². The highest BCUT2D eigenvalue weighted by Gasteiger charge is 2.46. The molecule has 0 N–H and O–H groups in total. The summed E-state index contributed by atoms with van der Waals surface area (Å²) in [7, 11) is 0. The Morgan fingerprint density at radius 3 is 1.18 bits per heavy atom. The van der Waals surface area contributed by atoms with Crippen molar-refractivity contribution in [3.05, 3.63) is 168 Å². The normalized spacial score (nSPS) is 12.8. The van der Waals surface area contributed by atoms with E-state index in [0.29, 0.717) is 22.6 Å². The van der Waals surface area contributed by atoms with Crippen LogP contribution >= 0.6 is 0 Å². The third kappa shape index (κ3) is 4.63. The zero-order chi connectivity index (χ0) is 31.3. The van der Waals surface area contributed by atoms with Crippen molar-refractivity contribution in [3.8, 4) is 22.6 Å². The maximum Gasteiger partial charge on any atom is 0.338 e. The summed E-state index contributed by atoms with van der Waals surface area (Å²) >= 11 is 0. The van der Waals surface area contributed by atoms with E-state index in [2.05, 4.69) is 86.0 Å². The lowest BCUT2D eigenvalue weighted by Crippen LogP contribution is -2.28. The Morgan fingerprint density at radius 1 is 0.511 bits per heavy atom. The van der Waals surface area contributed by atoms with Gasteiger partial charge in [0, 0.05) is 11.1 Å². The van der Waals surface area contributed by atoms with E-state index < -0.39 is 17.4 Å². The Morgan fingerprint density at radius 2 is 0.844 bits per heavy atom. The van der Waals surface area contributed by atoms with E-state index in [1.807, 2.05) is 48.5 Å². The van der Waals surface area contributed by atoms with Gasteiger partial charge in [-0.2, -0.15) is 0 Å². The monoisotopic (exact) mass is 586 g/mol. The second-order valence-electron chi connectivity index (χ2n) is 11.6. The molecule has 6 aromatic rings. The van der Waals surface area contributed by atoms with Crippen LogP contribution in [0.2, 0.25) is 0 Å². The lowest BCUT2D eigenvalue weighted by Gasteiger charge is -2.34. The number of esters is 2. The maximum absolute atomic E-state index is 12.3. The zero-order valence-corrected chi connectivity index (χ0v) is 25.1. The fraction of sp³-hybridized carbons (Fsp3) is 0.0732. The van der Waals surface area contributed by atoms with Crippen LogP contribution in [0.4, 0.5) is 0 Å². The zero-order valence-electron chi connectivity index (χ0n) is 25.1. The second kappa shape index (κ2) is 10.8. The van der Waals surface area contributed by atoms with Crippen LogP contribution in [-0.4, -0.2) is 11.9 Å².